The van der Waals surface area contributed by atoms with Crippen LogP contribution in [0.1, 0.15) is 17.7 Å². The van der Waals surface area contributed by atoms with E-state index in [4.69, 9.17) is 0 Å². The van der Waals surface area contributed by atoms with Crippen molar-refractivity contribution >= 4 is 16.6 Å². The minimum absolute atomic E-state index is 0.972. The molecular formula is C16H13N3. The zero-order valence-electron chi connectivity index (χ0n) is 10.5. The monoisotopic (exact) mass is 247 g/mol. The van der Waals surface area contributed by atoms with E-state index in [1.807, 2.05) is 30.3 Å². The van der Waals surface area contributed by atoms with Gasteiger partial charge in [0.05, 0.1) is 16.9 Å². The number of benzene rings is 2. The number of hydrogen-bond donors (Lipinski definition) is 0. The van der Waals surface area contributed by atoms with Gasteiger partial charge in [0.25, 0.3) is 0 Å². The van der Waals surface area contributed by atoms with Crippen molar-refractivity contribution < 1.29 is 0 Å². The highest BCUT2D eigenvalue weighted by Crippen LogP contribution is 2.23. The second kappa shape index (κ2) is 4.05. The minimum atomic E-state index is 0.972. The smallest absolute Gasteiger partial charge is 0.0948 e. The largest absolute Gasteiger partial charge is 0.155 e. The Kier molecular flexibility index (Phi) is 2.24. The van der Waals surface area contributed by atoms with E-state index in [9.17, 15) is 0 Å². The molecule has 4 rings (SSSR count). The molecule has 0 amide bonds. The summed E-state index contributed by atoms with van der Waals surface area (Å²) in [5, 5.41) is 10.5. The van der Waals surface area contributed by atoms with Crippen molar-refractivity contribution in [2.24, 2.45) is 5.10 Å². The first-order valence-corrected chi connectivity index (χ1v) is 6.52. The van der Waals surface area contributed by atoms with Crippen molar-refractivity contribution in [3.63, 3.8) is 0 Å². The van der Waals surface area contributed by atoms with Crippen LogP contribution < -0.4 is 0 Å². The molecule has 2 aromatic carbocycles. The summed E-state index contributed by atoms with van der Waals surface area (Å²) in [7, 11) is 0. The fourth-order valence-electron chi connectivity index (χ4n) is 2.63. The molecule has 3 aromatic rings. The zero-order valence-corrected chi connectivity index (χ0v) is 10.5. The molecule has 0 unspecified atom stereocenters. The van der Waals surface area contributed by atoms with Crippen molar-refractivity contribution in [3.8, 4) is 0 Å². The average Bonchev–Trinajstić information content (AvgIpc) is 2.86. The highest BCUT2D eigenvalue weighted by Gasteiger charge is 2.17. The summed E-state index contributed by atoms with van der Waals surface area (Å²) < 4.78 is 0. The molecule has 0 aliphatic carbocycles. The number of aryl methyl sites for hydroxylation is 1. The standard InChI is InChI=1S/C16H13N3/c1-2-6-12(7-3-1)14-10-11-16-13-8-4-5-9-15(13)18-19(16)17-14/h1-9H,10-11H2. The average molecular weight is 247 g/mol. The predicted octanol–water partition coefficient (Wildman–Crippen LogP) is 3.23. The summed E-state index contributed by atoms with van der Waals surface area (Å²) >= 11 is 0. The third kappa shape index (κ3) is 1.66. The molecule has 0 radical (unpaired) electrons. The Hall–Kier alpha value is -2.42. The molecule has 1 aliphatic rings. The van der Waals surface area contributed by atoms with Crippen molar-refractivity contribution in [1.82, 2.24) is 9.89 Å². The van der Waals surface area contributed by atoms with Gasteiger partial charge in [0.1, 0.15) is 0 Å². The van der Waals surface area contributed by atoms with E-state index < -0.39 is 0 Å². The number of aromatic nitrogens is 2. The zero-order chi connectivity index (χ0) is 12.7. The summed E-state index contributed by atoms with van der Waals surface area (Å²) in [6.45, 7) is 0. The van der Waals surface area contributed by atoms with E-state index in [0.29, 0.717) is 0 Å². The highest BCUT2D eigenvalue weighted by molar-refractivity contribution is 6.01. The van der Waals surface area contributed by atoms with Crippen LogP contribution in [-0.4, -0.2) is 15.6 Å². The van der Waals surface area contributed by atoms with Crippen LogP contribution in [0, 0.1) is 0 Å². The van der Waals surface area contributed by atoms with Crippen LogP contribution in [0.5, 0.6) is 0 Å². The van der Waals surface area contributed by atoms with Gasteiger partial charge in [-0.05, 0) is 24.5 Å². The molecule has 92 valence electrons. The predicted molar refractivity (Wildman–Crippen MR) is 76.4 cm³/mol. The van der Waals surface area contributed by atoms with Gasteiger partial charge in [-0.15, -0.1) is 0 Å². The molecule has 0 bridgehead atoms. The van der Waals surface area contributed by atoms with Crippen LogP contribution in [0.2, 0.25) is 0 Å². The topological polar surface area (TPSA) is 30.2 Å². The molecule has 0 N–H and O–H groups in total. The highest BCUT2D eigenvalue weighted by atomic mass is 15.5. The number of hydrogen-bond acceptors (Lipinski definition) is 2. The second-order valence-corrected chi connectivity index (χ2v) is 4.77. The quantitative estimate of drug-likeness (QED) is 0.649. The van der Waals surface area contributed by atoms with Crippen LogP contribution in [0.25, 0.3) is 10.9 Å². The van der Waals surface area contributed by atoms with E-state index in [0.717, 1.165) is 24.1 Å². The van der Waals surface area contributed by atoms with Gasteiger partial charge in [-0.3, -0.25) is 0 Å². The van der Waals surface area contributed by atoms with Gasteiger partial charge in [-0.25, -0.2) is 0 Å². The SMILES string of the molecule is c1ccc(C2=Nn3nc4ccccc4c3CC2)cc1. The molecule has 2 heterocycles. The molecule has 3 heteroatoms. The molecule has 1 aliphatic heterocycles. The number of rotatable bonds is 1. The molecule has 0 saturated carbocycles. The van der Waals surface area contributed by atoms with Gasteiger partial charge < -0.3 is 0 Å². The molecular weight excluding hydrogens is 234 g/mol. The first-order valence-electron chi connectivity index (χ1n) is 6.52. The summed E-state index contributed by atoms with van der Waals surface area (Å²) in [5.74, 6) is 0. The number of nitrogens with zero attached hydrogens (tertiary/aromatic N) is 3. The lowest BCUT2D eigenvalue weighted by molar-refractivity contribution is 0.671. The van der Waals surface area contributed by atoms with Crippen LogP contribution in [0.3, 0.4) is 0 Å². The lowest BCUT2D eigenvalue weighted by Gasteiger charge is -2.13. The Morgan fingerprint density at radius 2 is 1.63 bits per heavy atom. The van der Waals surface area contributed by atoms with Gasteiger partial charge in [-0.2, -0.15) is 15.0 Å². The van der Waals surface area contributed by atoms with Gasteiger partial charge in [0.2, 0.25) is 0 Å². The van der Waals surface area contributed by atoms with Crippen molar-refractivity contribution in [2.45, 2.75) is 12.8 Å². The fraction of sp³-hybridized carbons (Fsp3) is 0.125. The summed E-state index contributed by atoms with van der Waals surface area (Å²) in [4.78, 5) is 1.80. The molecule has 0 atom stereocenters. The minimum Gasteiger partial charge on any atom is -0.155 e. The van der Waals surface area contributed by atoms with E-state index in [-0.39, 0.29) is 0 Å². The van der Waals surface area contributed by atoms with E-state index in [1.54, 1.807) is 4.79 Å². The molecule has 1 aromatic heterocycles. The van der Waals surface area contributed by atoms with E-state index in [1.165, 1.54) is 16.6 Å². The Morgan fingerprint density at radius 1 is 0.842 bits per heavy atom. The first-order chi connectivity index (χ1) is 9.42. The normalized spacial score (nSPS) is 14.2. The Morgan fingerprint density at radius 3 is 2.53 bits per heavy atom. The maximum Gasteiger partial charge on any atom is 0.0948 e. The van der Waals surface area contributed by atoms with Crippen LogP contribution >= 0.6 is 0 Å². The lowest BCUT2D eigenvalue weighted by Crippen LogP contribution is -2.14. The third-order valence-corrected chi connectivity index (χ3v) is 3.58. The van der Waals surface area contributed by atoms with Gasteiger partial charge in [0, 0.05) is 5.39 Å². The molecule has 0 fully saturated rings. The lowest BCUT2D eigenvalue weighted by atomic mass is 10.0. The summed E-state index contributed by atoms with van der Waals surface area (Å²) in [6, 6.07) is 18.6. The van der Waals surface area contributed by atoms with E-state index in [2.05, 4.69) is 34.5 Å². The van der Waals surface area contributed by atoms with E-state index >= 15 is 0 Å². The summed E-state index contributed by atoms with van der Waals surface area (Å²) in [6.07, 6.45) is 1.97. The first kappa shape index (κ1) is 10.5. The Labute approximate surface area is 111 Å². The van der Waals surface area contributed by atoms with Crippen LogP contribution in [-0.2, 0) is 6.42 Å². The van der Waals surface area contributed by atoms with Crippen LogP contribution in [0.4, 0.5) is 0 Å². The maximum absolute atomic E-state index is 4.68. The van der Waals surface area contributed by atoms with Gasteiger partial charge >= 0.3 is 0 Å². The maximum atomic E-state index is 4.68. The van der Waals surface area contributed by atoms with Crippen molar-refractivity contribution in [3.05, 3.63) is 65.9 Å². The molecule has 0 spiro atoms. The van der Waals surface area contributed by atoms with Gasteiger partial charge in [0.15, 0.2) is 0 Å². The fourth-order valence-corrected chi connectivity index (χ4v) is 2.63. The van der Waals surface area contributed by atoms with Crippen molar-refractivity contribution in [1.29, 1.82) is 0 Å². The van der Waals surface area contributed by atoms with Crippen LogP contribution in [0.15, 0.2) is 59.7 Å². The molecule has 3 nitrogen and oxygen atoms in total. The van der Waals surface area contributed by atoms with Crippen molar-refractivity contribution in [2.75, 3.05) is 0 Å². The Balaban J connectivity index is 1.87. The Bertz CT molecular complexity index is 769. The number of fused-ring (bicyclic) bond motifs is 3. The second-order valence-electron chi connectivity index (χ2n) is 4.77. The molecule has 19 heavy (non-hydrogen) atoms. The third-order valence-electron chi connectivity index (χ3n) is 3.58. The summed E-state index contributed by atoms with van der Waals surface area (Å²) in [5.41, 5.74) is 4.54. The molecule has 0 saturated heterocycles. The van der Waals surface area contributed by atoms with Gasteiger partial charge in [-0.1, -0.05) is 48.5 Å².